The summed E-state index contributed by atoms with van der Waals surface area (Å²) in [5.41, 5.74) is 8.52. The molecule has 0 bridgehead atoms. The Morgan fingerprint density at radius 3 is 2.53 bits per heavy atom. The quantitative estimate of drug-likeness (QED) is 0.835. The Bertz CT molecular complexity index is 543. The molecular formula is C12H13N3O2. The van der Waals surface area contributed by atoms with Crippen LogP contribution in [0.5, 0.6) is 0 Å². The lowest BCUT2D eigenvalue weighted by atomic mass is 10.2. The van der Waals surface area contributed by atoms with Gasteiger partial charge in [0, 0.05) is 18.3 Å². The van der Waals surface area contributed by atoms with Crippen molar-refractivity contribution in [2.24, 2.45) is 5.73 Å². The highest BCUT2D eigenvalue weighted by atomic mass is 16.4. The normalized spacial score (nSPS) is 10.5. The molecule has 2 aromatic rings. The Hall–Kier alpha value is -2.14. The lowest BCUT2D eigenvalue weighted by molar-refractivity contribution is 0.0697. The molecule has 17 heavy (non-hydrogen) atoms. The van der Waals surface area contributed by atoms with Gasteiger partial charge in [0.15, 0.2) is 0 Å². The molecular weight excluding hydrogens is 218 g/mol. The smallest absolute Gasteiger partial charge is 0.335 e. The highest BCUT2D eigenvalue weighted by Crippen LogP contribution is 2.12. The summed E-state index contributed by atoms with van der Waals surface area (Å²) in [4.78, 5) is 10.7. The number of carboxylic acids is 1. The van der Waals surface area contributed by atoms with Crippen LogP contribution in [0.15, 0.2) is 30.5 Å². The molecule has 0 spiro atoms. The van der Waals surface area contributed by atoms with E-state index in [-0.39, 0.29) is 5.56 Å². The molecule has 1 heterocycles. The van der Waals surface area contributed by atoms with Crippen molar-refractivity contribution in [3.63, 3.8) is 0 Å². The maximum Gasteiger partial charge on any atom is 0.335 e. The molecule has 3 N–H and O–H groups in total. The second kappa shape index (κ2) is 4.39. The summed E-state index contributed by atoms with van der Waals surface area (Å²) in [6.07, 6.45) is 1.85. The average Bonchev–Trinajstić information content (AvgIpc) is 2.70. The largest absolute Gasteiger partial charge is 0.478 e. The van der Waals surface area contributed by atoms with Gasteiger partial charge in [-0.3, -0.25) is 0 Å². The fourth-order valence-electron chi connectivity index (χ4n) is 1.59. The lowest BCUT2D eigenvalue weighted by Crippen LogP contribution is -1.99. The molecule has 0 aliphatic rings. The number of carboxylic acid groups (broad SMARTS) is 1. The predicted molar refractivity (Wildman–Crippen MR) is 63.2 cm³/mol. The molecule has 0 unspecified atom stereocenters. The number of aromatic carboxylic acids is 1. The molecule has 1 aromatic heterocycles. The van der Waals surface area contributed by atoms with Crippen LogP contribution >= 0.6 is 0 Å². The molecule has 0 saturated carbocycles. The summed E-state index contributed by atoms with van der Waals surface area (Å²) in [7, 11) is 0. The summed E-state index contributed by atoms with van der Waals surface area (Å²) in [5, 5.41) is 13.1. The molecule has 1 aromatic carbocycles. The van der Waals surface area contributed by atoms with Crippen LogP contribution in [0.25, 0.3) is 5.69 Å². The van der Waals surface area contributed by atoms with Gasteiger partial charge in [-0.05, 0) is 31.2 Å². The number of aromatic nitrogens is 2. The average molecular weight is 231 g/mol. The van der Waals surface area contributed by atoms with Crippen LogP contribution in [-0.2, 0) is 6.54 Å². The van der Waals surface area contributed by atoms with Gasteiger partial charge in [-0.2, -0.15) is 5.10 Å². The first kappa shape index (κ1) is 11.3. The Morgan fingerprint density at radius 1 is 1.41 bits per heavy atom. The van der Waals surface area contributed by atoms with Gasteiger partial charge in [0.1, 0.15) is 0 Å². The van der Waals surface area contributed by atoms with Crippen molar-refractivity contribution in [3.05, 3.63) is 47.3 Å². The van der Waals surface area contributed by atoms with E-state index in [4.69, 9.17) is 10.8 Å². The van der Waals surface area contributed by atoms with E-state index in [0.29, 0.717) is 6.54 Å². The Balaban J connectivity index is 2.36. The third-order valence-corrected chi connectivity index (χ3v) is 2.60. The molecule has 88 valence electrons. The Morgan fingerprint density at radius 2 is 2.06 bits per heavy atom. The van der Waals surface area contributed by atoms with E-state index in [1.54, 1.807) is 28.9 Å². The molecule has 0 saturated heterocycles. The zero-order chi connectivity index (χ0) is 12.4. The molecule has 0 radical (unpaired) electrons. The molecule has 5 heteroatoms. The van der Waals surface area contributed by atoms with Gasteiger partial charge in [0.25, 0.3) is 0 Å². The van der Waals surface area contributed by atoms with E-state index < -0.39 is 5.97 Å². The standard InChI is InChI=1S/C12H13N3O2/c1-8-10(6-13)7-15(14-8)11-4-2-9(3-5-11)12(16)17/h2-5,7H,6,13H2,1H3,(H,16,17). The van der Waals surface area contributed by atoms with Crippen molar-refractivity contribution >= 4 is 5.97 Å². The van der Waals surface area contributed by atoms with Crippen LogP contribution in [0.3, 0.4) is 0 Å². The van der Waals surface area contributed by atoms with E-state index in [0.717, 1.165) is 16.9 Å². The van der Waals surface area contributed by atoms with Gasteiger partial charge in [-0.25, -0.2) is 9.48 Å². The lowest BCUT2D eigenvalue weighted by Gasteiger charge is -2.01. The highest BCUT2D eigenvalue weighted by Gasteiger charge is 2.06. The van der Waals surface area contributed by atoms with Crippen LogP contribution in [0.2, 0.25) is 0 Å². The van der Waals surface area contributed by atoms with Gasteiger partial charge in [-0.15, -0.1) is 0 Å². The topological polar surface area (TPSA) is 81.1 Å². The minimum Gasteiger partial charge on any atom is -0.478 e. The van der Waals surface area contributed by atoms with Crippen molar-refractivity contribution in [2.45, 2.75) is 13.5 Å². The summed E-state index contributed by atoms with van der Waals surface area (Å²) < 4.78 is 1.70. The zero-order valence-corrected chi connectivity index (χ0v) is 9.42. The van der Waals surface area contributed by atoms with Crippen LogP contribution in [0.4, 0.5) is 0 Å². The van der Waals surface area contributed by atoms with E-state index in [1.165, 1.54) is 0 Å². The third-order valence-electron chi connectivity index (χ3n) is 2.60. The number of nitrogens with two attached hydrogens (primary N) is 1. The van der Waals surface area contributed by atoms with Crippen molar-refractivity contribution in [1.29, 1.82) is 0 Å². The van der Waals surface area contributed by atoms with E-state index in [2.05, 4.69) is 5.10 Å². The first-order valence-electron chi connectivity index (χ1n) is 5.20. The van der Waals surface area contributed by atoms with E-state index in [1.807, 2.05) is 13.1 Å². The highest BCUT2D eigenvalue weighted by molar-refractivity contribution is 5.87. The number of aryl methyl sites for hydroxylation is 1. The van der Waals surface area contributed by atoms with Crippen molar-refractivity contribution in [1.82, 2.24) is 9.78 Å². The molecule has 5 nitrogen and oxygen atoms in total. The van der Waals surface area contributed by atoms with Gasteiger partial charge in [-0.1, -0.05) is 0 Å². The first-order chi connectivity index (χ1) is 8.11. The monoisotopic (exact) mass is 231 g/mol. The molecule has 0 fully saturated rings. The molecule has 0 atom stereocenters. The second-order valence-electron chi connectivity index (χ2n) is 3.74. The summed E-state index contributed by atoms with van der Waals surface area (Å²) in [6.45, 7) is 2.34. The van der Waals surface area contributed by atoms with Crippen molar-refractivity contribution in [2.75, 3.05) is 0 Å². The van der Waals surface area contributed by atoms with Gasteiger partial charge in [0.2, 0.25) is 0 Å². The number of hydrogen-bond acceptors (Lipinski definition) is 3. The SMILES string of the molecule is Cc1nn(-c2ccc(C(=O)O)cc2)cc1CN. The summed E-state index contributed by atoms with van der Waals surface area (Å²) in [6, 6.07) is 6.54. The first-order valence-corrected chi connectivity index (χ1v) is 5.20. The zero-order valence-electron chi connectivity index (χ0n) is 9.42. The maximum absolute atomic E-state index is 10.7. The fraction of sp³-hybridized carbons (Fsp3) is 0.167. The van der Waals surface area contributed by atoms with Crippen LogP contribution in [-0.4, -0.2) is 20.9 Å². The maximum atomic E-state index is 10.7. The number of hydrogen-bond donors (Lipinski definition) is 2. The van der Waals surface area contributed by atoms with Gasteiger partial charge in [0.05, 0.1) is 16.9 Å². The number of benzene rings is 1. The van der Waals surface area contributed by atoms with Crippen molar-refractivity contribution < 1.29 is 9.90 Å². The molecule has 0 amide bonds. The van der Waals surface area contributed by atoms with Crippen molar-refractivity contribution in [3.8, 4) is 5.69 Å². The van der Waals surface area contributed by atoms with Crippen LogP contribution < -0.4 is 5.73 Å². The fourth-order valence-corrected chi connectivity index (χ4v) is 1.59. The predicted octanol–water partition coefficient (Wildman–Crippen LogP) is 1.34. The summed E-state index contributed by atoms with van der Waals surface area (Å²) >= 11 is 0. The third kappa shape index (κ3) is 2.19. The van der Waals surface area contributed by atoms with Gasteiger partial charge >= 0.3 is 5.97 Å². The minimum absolute atomic E-state index is 0.261. The van der Waals surface area contributed by atoms with E-state index >= 15 is 0 Å². The summed E-state index contributed by atoms with van der Waals surface area (Å²) in [5.74, 6) is -0.934. The molecule has 0 aliphatic heterocycles. The Kier molecular flexibility index (Phi) is 2.93. The molecule has 0 aliphatic carbocycles. The number of carbonyl (C=O) groups is 1. The Labute approximate surface area is 98.5 Å². The number of rotatable bonds is 3. The number of nitrogens with zero attached hydrogens (tertiary/aromatic N) is 2. The second-order valence-corrected chi connectivity index (χ2v) is 3.74. The minimum atomic E-state index is -0.934. The molecule has 2 rings (SSSR count). The van der Waals surface area contributed by atoms with Gasteiger partial charge < -0.3 is 10.8 Å². The van der Waals surface area contributed by atoms with E-state index in [9.17, 15) is 4.79 Å². The van der Waals surface area contributed by atoms with Crippen LogP contribution in [0.1, 0.15) is 21.6 Å². The van der Waals surface area contributed by atoms with Crippen LogP contribution in [0, 0.1) is 6.92 Å².